The van der Waals surface area contributed by atoms with E-state index in [1.165, 1.54) is 5.57 Å². The van der Waals surface area contributed by atoms with E-state index in [9.17, 15) is 0 Å². The molecule has 0 saturated carbocycles. The van der Waals surface area contributed by atoms with Gasteiger partial charge in [0, 0.05) is 13.0 Å². The molecule has 2 heteroatoms. The molecule has 0 fully saturated rings. The van der Waals surface area contributed by atoms with Crippen LogP contribution in [0.1, 0.15) is 6.92 Å². The van der Waals surface area contributed by atoms with Crippen molar-refractivity contribution in [3.63, 3.8) is 0 Å². The third kappa shape index (κ3) is 1.82. The summed E-state index contributed by atoms with van der Waals surface area (Å²) in [6.07, 6.45) is 2.12. The molecule has 1 rings (SSSR count). The maximum atomic E-state index is 5.25. The van der Waals surface area contributed by atoms with E-state index in [-0.39, 0.29) is 0 Å². The highest BCUT2D eigenvalue weighted by Gasteiger charge is 2.13. The molecule has 0 aliphatic carbocycles. The average Bonchev–Trinajstić information content (AvgIpc) is 1.94. The first-order valence-corrected chi connectivity index (χ1v) is 3.58. The zero-order valence-corrected chi connectivity index (χ0v) is 6.59. The minimum Gasteiger partial charge on any atom is -0.384 e. The van der Waals surface area contributed by atoms with Gasteiger partial charge in [-0.15, -0.1) is 0 Å². The molecule has 0 spiro atoms. The van der Waals surface area contributed by atoms with Gasteiger partial charge in [-0.05, 0) is 6.92 Å². The lowest BCUT2D eigenvalue weighted by Gasteiger charge is -2.20. The van der Waals surface area contributed by atoms with Crippen LogP contribution in [0.25, 0.3) is 0 Å². The SMILES string of the molecule is COCC1COCC=C1C. The maximum absolute atomic E-state index is 5.25. The van der Waals surface area contributed by atoms with Crippen LogP contribution >= 0.6 is 0 Å². The quantitative estimate of drug-likeness (QED) is 0.540. The summed E-state index contributed by atoms with van der Waals surface area (Å²) in [6.45, 7) is 4.50. The van der Waals surface area contributed by atoms with Crippen LogP contribution in [-0.4, -0.2) is 26.9 Å². The van der Waals surface area contributed by atoms with Gasteiger partial charge >= 0.3 is 0 Å². The Morgan fingerprint density at radius 3 is 3.20 bits per heavy atom. The molecule has 1 aliphatic rings. The molecule has 0 amide bonds. The molecule has 0 saturated heterocycles. The minimum absolute atomic E-state index is 0.485. The van der Waals surface area contributed by atoms with Crippen LogP contribution in [0.15, 0.2) is 11.6 Å². The standard InChI is InChI=1S/C8H14O2/c1-7-3-4-10-6-8(7)5-9-2/h3,8H,4-6H2,1-2H3. The van der Waals surface area contributed by atoms with Crippen molar-refractivity contribution in [3.05, 3.63) is 11.6 Å². The van der Waals surface area contributed by atoms with E-state index in [0.717, 1.165) is 19.8 Å². The van der Waals surface area contributed by atoms with E-state index in [4.69, 9.17) is 9.47 Å². The van der Waals surface area contributed by atoms with E-state index in [0.29, 0.717) is 5.92 Å². The van der Waals surface area contributed by atoms with Gasteiger partial charge in [0.25, 0.3) is 0 Å². The number of methoxy groups -OCH3 is 1. The second-order valence-corrected chi connectivity index (χ2v) is 2.64. The Bertz CT molecular complexity index is 129. The Morgan fingerprint density at radius 2 is 2.60 bits per heavy atom. The smallest absolute Gasteiger partial charge is 0.0650 e. The largest absolute Gasteiger partial charge is 0.384 e. The molecular formula is C8H14O2. The Balaban J connectivity index is 2.41. The molecule has 0 aromatic rings. The normalized spacial score (nSPS) is 26.2. The zero-order valence-electron chi connectivity index (χ0n) is 6.59. The summed E-state index contributed by atoms with van der Waals surface area (Å²) in [5, 5.41) is 0. The molecule has 1 heterocycles. The lowest BCUT2D eigenvalue weighted by molar-refractivity contribution is 0.0733. The molecule has 1 atom stereocenters. The van der Waals surface area contributed by atoms with Gasteiger partial charge in [0.15, 0.2) is 0 Å². The second kappa shape index (κ2) is 3.74. The van der Waals surface area contributed by atoms with Crippen LogP contribution in [0.3, 0.4) is 0 Å². The lowest BCUT2D eigenvalue weighted by atomic mass is 10.0. The molecule has 1 aliphatic heterocycles. The molecule has 0 aromatic carbocycles. The average molecular weight is 142 g/mol. The Hall–Kier alpha value is -0.340. The Labute approximate surface area is 61.8 Å². The molecule has 58 valence electrons. The van der Waals surface area contributed by atoms with Gasteiger partial charge < -0.3 is 9.47 Å². The van der Waals surface area contributed by atoms with Crippen LogP contribution in [0, 0.1) is 5.92 Å². The molecule has 2 nitrogen and oxygen atoms in total. The van der Waals surface area contributed by atoms with Crippen LogP contribution < -0.4 is 0 Å². The van der Waals surface area contributed by atoms with E-state index in [1.54, 1.807) is 7.11 Å². The second-order valence-electron chi connectivity index (χ2n) is 2.64. The van der Waals surface area contributed by atoms with Crippen molar-refractivity contribution >= 4 is 0 Å². The summed E-state index contributed by atoms with van der Waals surface area (Å²) in [6, 6.07) is 0. The third-order valence-electron chi connectivity index (χ3n) is 1.85. The summed E-state index contributed by atoms with van der Waals surface area (Å²) >= 11 is 0. The molecule has 0 bridgehead atoms. The topological polar surface area (TPSA) is 18.5 Å². The van der Waals surface area contributed by atoms with Crippen molar-refractivity contribution in [3.8, 4) is 0 Å². The summed E-state index contributed by atoms with van der Waals surface area (Å²) in [5.74, 6) is 0.485. The zero-order chi connectivity index (χ0) is 7.40. The maximum Gasteiger partial charge on any atom is 0.0650 e. The van der Waals surface area contributed by atoms with Crippen molar-refractivity contribution in [1.29, 1.82) is 0 Å². The molecule has 1 unspecified atom stereocenters. The van der Waals surface area contributed by atoms with Gasteiger partial charge in [0.05, 0.1) is 19.8 Å². The molecular weight excluding hydrogens is 128 g/mol. The first kappa shape index (κ1) is 7.76. The van der Waals surface area contributed by atoms with Crippen LogP contribution in [-0.2, 0) is 9.47 Å². The lowest BCUT2D eigenvalue weighted by Crippen LogP contribution is -2.20. The minimum atomic E-state index is 0.485. The van der Waals surface area contributed by atoms with Gasteiger partial charge in [-0.25, -0.2) is 0 Å². The Morgan fingerprint density at radius 1 is 1.80 bits per heavy atom. The highest BCUT2D eigenvalue weighted by atomic mass is 16.5. The van der Waals surface area contributed by atoms with Crippen molar-refractivity contribution < 1.29 is 9.47 Å². The highest BCUT2D eigenvalue weighted by molar-refractivity contribution is 5.06. The van der Waals surface area contributed by atoms with Crippen molar-refractivity contribution in [2.75, 3.05) is 26.9 Å². The third-order valence-corrected chi connectivity index (χ3v) is 1.85. The van der Waals surface area contributed by atoms with Crippen molar-refractivity contribution in [2.24, 2.45) is 5.92 Å². The monoisotopic (exact) mass is 142 g/mol. The van der Waals surface area contributed by atoms with Gasteiger partial charge in [-0.1, -0.05) is 11.6 Å². The van der Waals surface area contributed by atoms with Crippen LogP contribution in [0.4, 0.5) is 0 Å². The molecule has 0 aromatic heterocycles. The van der Waals surface area contributed by atoms with Gasteiger partial charge in [0.1, 0.15) is 0 Å². The first-order valence-electron chi connectivity index (χ1n) is 3.58. The summed E-state index contributed by atoms with van der Waals surface area (Å²) in [7, 11) is 1.72. The highest BCUT2D eigenvalue weighted by Crippen LogP contribution is 2.15. The predicted octanol–water partition coefficient (Wildman–Crippen LogP) is 1.23. The fraction of sp³-hybridized carbons (Fsp3) is 0.750. The number of hydrogen-bond acceptors (Lipinski definition) is 2. The van der Waals surface area contributed by atoms with Gasteiger partial charge in [-0.3, -0.25) is 0 Å². The fourth-order valence-corrected chi connectivity index (χ4v) is 1.08. The van der Waals surface area contributed by atoms with E-state index >= 15 is 0 Å². The van der Waals surface area contributed by atoms with Crippen LogP contribution in [0.2, 0.25) is 0 Å². The summed E-state index contributed by atoms with van der Waals surface area (Å²) in [5.41, 5.74) is 1.40. The van der Waals surface area contributed by atoms with E-state index < -0.39 is 0 Å². The number of ether oxygens (including phenoxy) is 2. The van der Waals surface area contributed by atoms with Crippen LogP contribution in [0.5, 0.6) is 0 Å². The molecule has 10 heavy (non-hydrogen) atoms. The Kier molecular flexibility index (Phi) is 2.90. The first-order chi connectivity index (χ1) is 4.84. The van der Waals surface area contributed by atoms with Gasteiger partial charge in [-0.2, -0.15) is 0 Å². The fourth-order valence-electron chi connectivity index (χ4n) is 1.08. The number of hydrogen-bond donors (Lipinski definition) is 0. The van der Waals surface area contributed by atoms with Crippen molar-refractivity contribution in [1.82, 2.24) is 0 Å². The summed E-state index contributed by atoms with van der Waals surface area (Å²) in [4.78, 5) is 0. The number of rotatable bonds is 2. The molecule has 0 radical (unpaired) electrons. The summed E-state index contributed by atoms with van der Waals surface area (Å²) < 4.78 is 10.3. The molecule has 0 N–H and O–H groups in total. The van der Waals surface area contributed by atoms with E-state index in [1.807, 2.05) is 0 Å². The van der Waals surface area contributed by atoms with Crippen molar-refractivity contribution in [2.45, 2.75) is 6.92 Å². The van der Waals surface area contributed by atoms with Gasteiger partial charge in [0.2, 0.25) is 0 Å². The predicted molar refractivity (Wildman–Crippen MR) is 39.9 cm³/mol. The van der Waals surface area contributed by atoms with E-state index in [2.05, 4.69) is 13.0 Å².